The van der Waals surface area contributed by atoms with Gasteiger partial charge >= 0.3 is 11.9 Å². The topological polar surface area (TPSA) is 102 Å². The van der Waals surface area contributed by atoms with Crippen LogP contribution in [0, 0.1) is 0 Å². The molecule has 0 amide bonds. The first-order valence-corrected chi connectivity index (χ1v) is 27.5. The number of carbonyl (C=O) groups excluding carboxylic acids is 3. The van der Waals surface area contributed by atoms with Crippen molar-refractivity contribution >= 4 is 17.9 Å². The van der Waals surface area contributed by atoms with Crippen molar-refractivity contribution in [2.45, 2.75) is 244 Å². The van der Waals surface area contributed by atoms with E-state index in [9.17, 15) is 19.5 Å². The molecular formula is C59H103NO7. The lowest BCUT2D eigenvalue weighted by atomic mass is 10.0. The molecule has 0 fully saturated rings. The number of ether oxygens (including phenoxy) is 3. The van der Waals surface area contributed by atoms with Crippen LogP contribution in [0.25, 0.3) is 0 Å². The van der Waals surface area contributed by atoms with Gasteiger partial charge in [-0.2, -0.15) is 0 Å². The third kappa shape index (κ3) is 47.6. The van der Waals surface area contributed by atoms with Gasteiger partial charge in [0.25, 0.3) is 0 Å². The SMILES string of the molecule is CC/C=C/C/C=C/C/C=C/C/C=C/C/C=C/C/C=C/CCCCCCC(=O)OC(COCCC(C(=O)[O-])[N+](C)(C)C)COC(=O)CCCCCCCCCCCCCCCCCCCCCC. The van der Waals surface area contributed by atoms with Gasteiger partial charge in [0.1, 0.15) is 12.6 Å². The van der Waals surface area contributed by atoms with Gasteiger partial charge in [-0.15, -0.1) is 0 Å². The van der Waals surface area contributed by atoms with Crippen LogP contribution in [0.5, 0.6) is 0 Å². The summed E-state index contributed by atoms with van der Waals surface area (Å²) in [4.78, 5) is 37.1. The smallest absolute Gasteiger partial charge is 0.306 e. The third-order valence-electron chi connectivity index (χ3n) is 12.1. The molecule has 67 heavy (non-hydrogen) atoms. The highest BCUT2D eigenvalue weighted by atomic mass is 16.6. The minimum absolute atomic E-state index is 0.0290. The Morgan fingerprint density at radius 1 is 0.463 bits per heavy atom. The van der Waals surface area contributed by atoms with E-state index in [1.165, 1.54) is 109 Å². The van der Waals surface area contributed by atoms with E-state index in [0.29, 0.717) is 6.42 Å². The average Bonchev–Trinajstić information content (AvgIpc) is 3.29. The van der Waals surface area contributed by atoms with Crippen molar-refractivity contribution in [1.82, 2.24) is 0 Å². The maximum absolute atomic E-state index is 12.8. The largest absolute Gasteiger partial charge is 0.544 e. The highest BCUT2D eigenvalue weighted by Gasteiger charge is 2.25. The van der Waals surface area contributed by atoms with Crippen molar-refractivity contribution in [2.75, 3.05) is 41.0 Å². The molecule has 0 aliphatic carbocycles. The number of quaternary nitrogens is 1. The van der Waals surface area contributed by atoms with Crippen LogP contribution < -0.4 is 5.11 Å². The number of carboxylic acids is 1. The molecule has 0 bridgehead atoms. The van der Waals surface area contributed by atoms with E-state index in [4.69, 9.17) is 14.2 Å². The Bertz CT molecular complexity index is 1320. The van der Waals surface area contributed by atoms with Crippen molar-refractivity contribution in [3.05, 3.63) is 72.9 Å². The maximum atomic E-state index is 12.8. The van der Waals surface area contributed by atoms with Crippen LogP contribution in [0.1, 0.15) is 232 Å². The molecule has 8 heteroatoms. The number of carboxylic acid groups (broad SMARTS) is 1. The number of aliphatic carboxylic acids is 1. The minimum atomic E-state index is -1.13. The van der Waals surface area contributed by atoms with Crippen molar-refractivity contribution in [3.8, 4) is 0 Å². The molecule has 0 saturated heterocycles. The molecule has 2 atom stereocenters. The first-order valence-electron chi connectivity index (χ1n) is 27.5. The molecule has 0 aromatic rings. The van der Waals surface area contributed by atoms with Crippen molar-refractivity contribution in [1.29, 1.82) is 0 Å². The van der Waals surface area contributed by atoms with E-state index >= 15 is 0 Å². The van der Waals surface area contributed by atoms with Gasteiger partial charge < -0.3 is 28.6 Å². The number of hydrogen-bond donors (Lipinski definition) is 0. The highest BCUT2D eigenvalue weighted by Crippen LogP contribution is 2.16. The highest BCUT2D eigenvalue weighted by molar-refractivity contribution is 5.70. The van der Waals surface area contributed by atoms with Gasteiger partial charge in [0.2, 0.25) is 0 Å². The molecule has 8 nitrogen and oxygen atoms in total. The van der Waals surface area contributed by atoms with Crippen molar-refractivity contribution in [3.63, 3.8) is 0 Å². The quantitative estimate of drug-likeness (QED) is 0.0259. The Morgan fingerprint density at radius 2 is 0.836 bits per heavy atom. The number of rotatable bonds is 49. The van der Waals surface area contributed by atoms with Gasteiger partial charge in [0.15, 0.2) is 6.10 Å². The van der Waals surface area contributed by atoms with Crippen LogP contribution in [0.15, 0.2) is 72.9 Å². The monoisotopic (exact) mass is 938 g/mol. The fourth-order valence-corrected chi connectivity index (χ4v) is 7.90. The van der Waals surface area contributed by atoms with Gasteiger partial charge in [0.05, 0.1) is 40.3 Å². The molecule has 0 heterocycles. The van der Waals surface area contributed by atoms with E-state index in [0.717, 1.165) is 89.9 Å². The molecule has 0 aliphatic rings. The summed E-state index contributed by atoms with van der Waals surface area (Å²) in [5, 5.41) is 11.7. The Hall–Kier alpha value is -3.23. The molecule has 0 aromatic carbocycles. The summed E-state index contributed by atoms with van der Waals surface area (Å²) in [6.45, 7) is 4.55. The molecule has 386 valence electrons. The van der Waals surface area contributed by atoms with Gasteiger partial charge in [-0.05, 0) is 64.2 Å². The molecule has 0 saturated carbocycles. The van der Waals surface area contributed by atoms with E-state index in [1.54, 1.807) is 21.1 Å². The van der Waals surface area contributed by atoms with Gasteiger partial charge in [-0.1, -0.05) is 222 Å². The lowest BCUT2D eigenvalue weighted by molar-refractivity contribution is -0.889. The van der Waals surface area contributed by atoms with E-state index in [1.807, 2.05) is 0 Å². The van der Waals surface area contributed by atoms with Crippen LogP contribution in [-0.2, 0) is 28.6 Å². The summed E-state index contributed by atoms with van der Waals surface area (Å²) in [7, 11) is 5.41. The van der Waals surface area contributed by atoms with Crippen LogP contribution >= 0.6 is 0 Å². The molecule has 0 spiro atoms. The zero-order valence-corrected chi connectivity index (χ0v) is 44.1. The van der Waals surface area contributed by atoms with Gasteiger partial charge in [-0.25, -0.2) is 0 Å². The average molecular weight is 938 g/mol. The summed E-state index contributed by atoms with van der Waals surface area (Å²) in [5.74, 6) is -1.76. The Morgan fingerprint density at radius 3 is 1.24 bits per heavy atom. The number of carbonyl (C=O) groups is 3. The fourth-order valence-electron chi connectivity index (χ4n) is 7.90. The number of esters is 2. The predicted molar refractivity (Wildman–Crippen MR) is 282 cm³/mol. The zero-order chi connectivity index (χ0) is 49.2. The van der Waals surface area contributed by atoms with Crippen LogP contribution in [0.3, 0.4) is 0 Å². The second-order valence-electron chi connectivity index (χ2n) is 19.4. The fraction of sp³-hybridized carbons (Fsp3) is 0.746. The molecule has 0 N–H and O–H groups in total. The van der Waals surface area contributed by atoms with Gasteiger partial charge in [-0.3, -0.25) is 9.59 Å². The number of nitrogens with zero attached hydrogens (tertiary/aromatic N) is 1. The minimum Gasteiger partial charge on any atom is -0.544 e. The standard InChI is InChI=1S/C59H103NO7/c1-6-8-10-12-14-16-18-20-22-24-26-28-29-30-32-34-36-38-40-42-44-46-48-50-58(62)67-55(53-65-52-51-56(59(63)64)60(3,4)5)54-66-57(61)49-47-45-43-41-39-37-35-33-31-27-25-23-21-19-17-15-13-11-9-7-2/h8,10,14,16,20,22,26,28,30,32,36,38,55-56H,6-7,9,11-13,15,17-19,21,23-25,27,29,31,33-35,37,39-54H2,1-5H3/b10-8+,16-14+,22-20+,28-26+,32-30+,38-36+. The first-order chi connectivity index (χ1) is 32.6. The normalized spacial score (nSPS) is 13.4. The van der Waals surface area contributed by atoms with Crippen LogP contribution in [0.2, 0.25) is 0 Å². The molecular weight excluding hydrogens is 835 g/mol. The molecule has 2 unspecified atom stereocenters. The maximum Gasteiger partial charge on any atom is 0.306 e. The predicted octanol–water partition coefficient (Wildman–Crippen LogP) is 14.9. The summed E-state index contributed by atoms with van der Waals surface area (Å²) in [5.41, 5.74) is 0. The number of hydrogen-bond acceptors (Lipinski definition) is 7. The lowest BCUT2D eigenvalue weighted by Crippen LogP contribution is -2.55. The molecule has 0 aromatic heterocycles. The first kappa shape index (κ1) is 63.8. The van der Waals surface area contributed by atoms with Crippen LogP contribution in [-0.4, -0.2) is 75.5 Å². The van der Waals surface area contributed by atoms with Crippen molar-refractivity contribution < 1.29 is 38.2 Å². The number of likely N-dealkylation sites (N-methyl/N-ethyl adjacent to an activating group) is 1. The van der Waals surface area contributed by atoms with E-state index in [-0.39, 0.29) is 49.1 Å². The lowest BCUT2D eigenvalue weighted by Gasteiger charge is -2.34. The zero-order valence-electron chi connectivity index (χ0n) is 44.1. The summed E-state index contributed by atoms with van der Waals surface area (Å²) < 4.78 is 17.3. The number of unbranched alkanes of at least 4 members (excludes halogenated alkanes) is 23. The second-order valence-corrected chi connectivity index (χ2v) is 19.4. The summed E-state index contributed by atoms with van der Waals surface area (Å²) >= 11 is 0. The molecule has 0 aliphatic heterocycles. The Balaban J connectivity index is 4.26. The van der Waals surface area contributed by atoms with Crippen LogP contribution in [0.4, 0.5) is 0 Å². The number of allylic oxidation sites excluding steroid dienone is 12. The second kappa shape index (κ2) is 49.2. The molecule has 0 radical (unpaired) electrons. The third-order valence-corrected chi connectivity index (χ3v) is 12.1. The van der Waals surface area contributed by atoms with Crippen molar-refractivity contribution in [2.24, 2.45) is 0 Å². The summed E-state index contributed by atoms with van der Waals surface area (Å²) in [6, 6.07) is -0.734. The Labute approximate surface area is 412 Å². The Kier molecular flexibility index (Phi) is 46.8. The van der Waals surface area contributed by atoms with E-state index in [2.05, 4.69) is 86.8 Å². The van der Waals surface area contributed by atoms with E-state index < -0.39 is 18.1 Å². The summed E-state index contributed by atoms with van der Waals surface area (Å²) in [6.07, 6.45) is 63.7. The van der Waals surface area contributed by atoms with Gasteiger partial charge in [0, 0.05) is 19.3 Å². The molecule has 0 rings (SSSR count).